The molecule has 1 aromatic heterocycles. The first-order valence-electron chi connectivity index (χ1n) is 9.36. The number of nitrogens with zero attached hydrogens (tertiary/aromatic N) is 2. The van der Waals surface area contributed by atoms with Crippen LogP contribution in [0.3, 0.4) is 0 Å². The van der Waals surface area contributed by atoms with Gasteiger partial charge in [-0.1, -0.05) is 50.4 Å². The number of benzene rings is 1. The highest BCUT2D eigenvalue weighted by atomic mass is 35.5. The molecule has 4 nitrogen and oxygen atoms in total. The lowest BCUT2D eigenvalue weighted by Gasteiger charge is -2.26. The number of aliphatic hydroxyl groups excluding tert-OH is 1. The van der Waals surface area contributed by atoms with E-state index < -0.39 is 0 Å². The summed E-state index contributed by atoms with van der Waals surface area (Å²) in [5.41, 5.74) is 2.38. The highest BCUT2D eigenvalue weighted by Gasteiger charge is 2.32. The lowest BCUT2D eigenvalue weighted by Crippen LogP contribution is -2.35. The van der Waals surface area contributed by atoms with Crippen LogP contribution in [0.25, 0.3) is 16.8 Å². The van der Waals surface area contributed by atoms with Gasteiger partial charge in [-0.2, -0.15) is 0 Å². The van der Waals surface area contributed by atoms with Gasteiger partial charge in [-0.15, -0.1) is 11.3 Å². The van der Waals surface area contributed by atoms with Crippen molar-refractivity contribution >= 4 is 34.3 Å². The van der Waals surface area contributed by atoms with Crippen molar-refractivity contribution in [3.63, 3.8) is 0 Å². The molecule has 0 bridgehead atoms. The Balaban J connectivity index is 1.72. The Morgan fingerprint density at radius 3 is 2.59 bits per heavy atom. The van der Waals surface area contributed by atoms with Crippen LogP contribution in [0.15, 0.2) is 35.4 Å². The monoisotopic (exact) mass is 403 g/mol. The van der Waals surface area contributed by atoms with Crippen molar-refractivity contribution in [2.24, 2.45) is 5.92 Å². The van der Waals surface area contributed by atoms with Gasteiger partial charge in [0.15, 0.2) is 0 Å². The van der Waals surface area contributed by atoms with Crippen molar-refractivity contribution in [2.45, 2.75) is 46.1 Å². The van der Waals surface area contributed by atoms with Gasteiger partial charge in [-0.3, -0.25) is 5.41 Å². The minimum Gasteiger partial charge on any atom is -0.510 e. The van der Waals surface area contributed by atoms with Crippen molar-refractivity contribution in [3.8, 4) is 11.3 Å². The first kappa shape index (κ1) is 19.9. The molecule has 2 heterocycles. The van der Waals surface area contributed by atoms with Crippen LogP contribution in [0.4, 0.5) is 0 Å². The van der Waals surface area contributed by atoms with Crippen LogP contribution in [0.2, 0.25) is 5.02 Å². The Kier molecular flexibility index (Phi) is 6.22. The van der Waals surface area contributed by atoms with E-state index in [1.807, 2.05) is 34.5 Å². The molecule has 1 atom stereocenters. The van der Waals surface area contributed by atoms with Crippen LogP contribution in [-0.4, -0.2) is 33.4 Å². The van der Waals surface area contributed by atoms with Crippen LogP contribution in [0, 0.1) is 11.3 Å². The molecule has 6 heteroatoms. The van der Waals surface area contributed by atoms with E-state index in [9.17, 15) is 5.11 Å². The van der Waals surface area contributed by atoms with Crippen molar-refractivity contribution in [1.82, 2.24) is 9.88 Å². The van der Waals surface area contributed by atoms with E-state index in [0.717, 1.165) is 24.1 Å². The number of hydrogen-bond acceptors (Lipinski definition) is 4. The maximum absolute atomic E-state index is 10.5. The maximum Gasteiger partial charge on any atom is 0.135 e. The molecule has 0 unspecified atom stereocenters. The lowest BCUT2D eigenvalue weighted by atomic mass is 10.0. The summed E-state index contributed by atoms with van der Waals surface area (Å²) in [7, 11) is 0. The largest absolute Gasteiger partial charge is 0.510 e. The summed E-state index contributed by atoms with van der Waals surface area (Å²) >= 11 is 7.41. The fourth-order valence-corrected chi connectivity index (χ4v) is 4.34. The summed E-state index contributed by atoms with van der Waals surface area (Å²) in [4.78, 5) is 6.64. The highest BCUT2D eigenvalue weighted by molar-refractivity contribution is 7.11. The molecule has 0 aliphatic carbocycles. The van der Waals surface area contributed by atoms with Gasteiger partial charge in [-0.05, 0) is 31.4 Å². The zero-order chi connectivity index (χ0) is 19.6. The second-order valence-corrected chi connectivity index (χ2v) is 8.81. The number of hydrogen-bond donors (Lipinski definition) is 2. The quantitative estimate of drug-likeness (QED) is 0.575. The Morgan fingerprint density at radius 2 is 1.93 bits per heavy atom. The van der Waals surface area contributed by atoms with Gasteiger partial charge in [0.1, 0.15) is 16.6 Å². The van der Waals surface area contributed by atoms with Gasteiger partial charge in [0.25, 0.3) is 0 Å². The van der Waals surface area contributed by atoms with Gasteiger partial charge in [0.2, 0.25) is 0 Å². The topological polar surface area (TPSA) is 60.2 Å². The average molecular weight is 404 g/mol. The molecule has 0 saturated heterocycles. The Bertz CT molecular complexity index is 841. The molecule has 144 valence electrons. The maximum atomic E-state index is 10.5. The summed E-state index contributed by atoms with van der Waals surface area (Å²) in [5.74, 6) is 1.31. The molecule has 27 heavy (non-hydrogen) atoms. The van der Waals surface area contributed by atoms with Crippen LogP contribution < -0.4 is 0 Å². The van der Waals surface area contributed by atoms with E-state index in [1.54, 1.807) is 0 Å². The predicted octanol–water partition coefficient (Wildman–Crippen LogP) is 6.24. The molecule has 0 amide bonds. The predicted molar refractivity (Wildman–Crippen MR) is 115 cm³/mol. The van der Waals surface area contributed by atoms with Crippen LogP contribution >= 0.6 is 22.9 Å². The van der Waals surface area contributed by atoms with Crippen LogP contribution in [0.1, 0.15) is 45.0 Å². The third-order valence-corrected chi connectivity index (χ3v) is 6.04. The summed E-state index contributed by atoms with van der Waals surface area (Å²) in [6, 6.07) is 7.76. The molecular weight excluding hydrogens is 378 g/mol. The van der Waals surface area contributed by atoms with E-state index in [0.29, 0.717) is 33.9 Å². The molecule has 1 aromatic carbocycles. The fraction of sp³-hybridized carbons (Fsp3) is 0.429. The summed E-state index contributed by atoms with van der Waals surface area (Å²) < 4.78 is 0. The minimum absolute atomic E-state index is 0.228. The Morgan fingerprint density at radius 1 is 1.22 bits per heavy atom. The van der Waals surface area contributed by atoms with Crippen molar-refractivity contribution in [2.75, 3.05) is 6.54 Å². The third-order valence-electron chi connectivity index (χ3n) is 4.93. The molecule has 1 aliphatic heterocycles. The van der Waals surface area contributed by atoms with E-state index in [4.69, 9.17) is 17.0 Å². The third kappa shape index (κ3) is 4.53. The zero-order valence-electron chi connectivity index (χ0n) is 16.0. The zero-order valence-corrected chi connectivity index (χ0v) is 17.6. The lowest BCUT2D eigenvalue weighted by molar-refractivity contribution is 0.289. The SMILES string of the molecule is CC(C)CCC[C@@H](C)N1CC(O)=C(c2nc(-c3ccc(Cl)cc3)cs2)C1=N. The molecule has 0 fully saturated rings. The molecule has 0 spiro atoms. The Hall–Kier alpha value is -1.85. The number of halogens is 1. The number of aromatic nitrogens is 1. The number of amidine groups is 1. The molecule has 2 N–H and O–H groups in total. The van der Waals surface area contributed by atoms with Gasteiger partial charge < -0.3 is 10.0 Å². The summed E-state index contributed by atoms with van der Waals surface area (Å²) in [5, 5.41) is 22.4. The first-order chi connectivity index (χ1) is 12.9. The molecule has 2 aromatic rings. The van der Waals surface area contributed by atoms with Crippen molar-refractivity contribution < 1.29 is 5.11 Å². The fourth-order valence-electron chi connectivity index (χ4n) is 3.32. The van der Waals surface area contributed by atoms with Crippen LogP contribution in [0.5, 0.6) is 0 Å². The standard InChI is InChI=1S/C21H26ClN3OS/c1-13(2)5-4-6-14(3)25-11-18(26)19(20(25)23)21-24-17(12-27-21)15-7-9-16(22)10-8-15/h7-10,12-14,23,26H,4-6,11H2,1-3H3/t14-/m1/s1. The minimum atomic E-state index is 0.228. The second kappa shape index (κ2) is 8.44. The van der Waals surface area contributed by atoms with E-state index in [1.165, 1.54) is 17.8 Å². The molecular formula is C21H26ClN3OS. The highest BCUT2D eigenvalue weighted by Crippen LogP contribution is 2.33. The molecule has 0 saturated carbocycles. The summed E-state index contributed by atoms with van der Waals surface area (Å²) in [6.45, 7) is 6.99. The van der Waals surface area contributed by atoms with Crippen molar-refractivity contribution in [1.29, 1.82) is 5.41 Å². The van der Waals surface area contributed by atoms with Crippen LogP contribution in [-0.2, 0) is 0 Å². The van der Waals surface area contributed by atoms with E-state index in [2.05, 4.69) is 25.8 Å². The normalized spacial score (nSPS) is 15.9. The molecule has 3 rings (SSSR count). The number of rotatable bonds is 7. The van der Waals surface area contributed by atoms with Gasteiger partial charge in [0.05, 0.1) is 17.8 Å². The van der Waals surface area contributed by atoms with Gasteiger partial charge in [-0.25, -0.2) is 4.98 Å². The van der Waals surface area contributed by atoms with E-state index >= 15 is 0 Å². The van der Waals surface area contributed by atoms with Crippen molar-refractivity contribution in [3.05, 3.63) is 45.4 Å². The van der Waals surface area contributed by atoms with Gasteiger partial charge in [0, 0.05) is 22.0 Å². The number of nitrogens with one attached hydrogen (secondary N) is 1. The number of thiazole rings is 1. The smallest absolute Gasteiger partial charge is 0.135 e. The Labute approximate surface area is 170 Å². The molecule has 1 aliphatic rings. The number of aliphatic hydroxyl groups is 1. The molecule has 0 radical (unpaired) electrons. The second-order valence-electron chi connectivity index (χ2n) is 7.52. The average Bonchev–Trinajstić information content (AvgIpc) is 3.19. The van der Waals surface area contributed by atoms with Gasteiger partial charge >= 0.3 is 0 Å². The first-order valence-corrected chi connectivity index (χ1v) is 10.6. The van der Waals surface area contributed by atoms with E-state index in [-0.39, 0.29) is 11.8 Å². The summed E-state index contributed by atoms with van der Waals surface area (Å²) in [6.07, 6.45) is 3.35.